The molecule has 1 aromatic carbocycles. The van der Waals surface area contributed by atoms with Crippen LogP contribution in [0.2, 0.25) is 5.02 Å². The van der Waals surface area contributed by atoms with E-state index < -0.39 is 11.5 Å². The lowest BCUT2D eigenvalue weighted by Crippen LogP contribution is -2.43. The lowest BCUT2D eigenvalue weighted by molar-refractivity contribution is -0.113. The number of pyridine rings is 2. The van der Waals surface area contributed by atoms with Crippen LogP contribution in [0.5, 0.6) is 0 Å². The first-order chi connectivity index (χ1) is 15.3. The number of carbonyl (C=O) groups excluding carboxylic acids is 2. The number of benzene rings is 1. The fourth-order valence-electron chi connectivity index (χ4n) is 3.55. The number of hydrogen-bond donors (Lipinski definition) is 0. The quantitative estimate of drug-likeness (QED) is 0.407. The fourth-order valence-corrected chi connectivity index (χ4v) is 3.70. The van der Waals surface area contributed by atoms with Gasteiger partial charge in [-0.25, -0.2) is 9.78 Å². The summed E-state index contributed by atoms with van der Waals surface area (Å²) in [5.41, 5.74) is 1.99. The van der Waals surface area contributed by atoms with Crippen molar-refractivity contribution in [3.05, 3.63) is 88.3 Å². The van der Waals surface area contributed by atoms with Gasteiger partial charge in [-0.15, -0.1) is 0 Å². The molecule has 1 aliphatic rings. The number of anilines is 1. The smallest absolute Gasteiger partial charge is 0.340 e. The number of hydrogen-bond acceptors (Lipinski definition) is 5. The van der Waals surface area contributed by atoms with Gasteiger partial charge < -0.3 is 4.74 Å². The summed E-state index contributed by atoms with van der Waals surface area (Å²) in [6.07, 6.45) is 4.69. The first kappa shape index (κ1) is 21.7. The first-order valence-electron chi connectivity index (χ1n) is 10.1. The minimum Gasteiger partial charge on any atom is -0.457 e. The van der Waals surface area contributed by atoms with Crippen molar-refractivity contribution >= 4 is 40.9 Å². The summed E-state index contributed by atoms with van der Waals surface area (Å²) in [6.45, 7) is 5.95. The number of rotatable bonds is 4. The molecule has 1 aliphatic heterocycles. The highest BCUT2D eigenvalue weighted by Crippen LogP contribution is 2.40. The third kappa shape index (κ3) is 4.27. The van der Waals surface area contributed by atoms with Gasteiger partial charge >= 0.3 is 5.97 Å². The Hall–Kier alpha value is -3.51. The molecule has 0 unspecified atom stereocenters. The number of ether oxygens (including phenoxy) is 1. The maximum absolute atomic E-state index is 13.3. The Kier molecular flexibility index (Phi) is 5.80. The molecule has 32 heavy (non-hydrogen) atoms. The predicted octanol–water partition coefficient (Wildman–Crippen LogP) is 5.17. The van der Waals surface area contributed by atoms with Crippen LogP contribution in [0.25, 0.3) is 11.6 Å². The van der Waals surface area contributed by atoms with Gasteiger partial charge in [0.25, 0.3) is 5.91 Å². The van der Waals surface area contributed by atoms with Gasteiger partial charge in [0.05, 0.1) is 21.9 Å². The minimum atomic E-state index is -0.569. The summed E-state index contributed by atoms with van der Waals surface area (Å²) in [6, 6.07) is 14.5. The maximum Gasteiger partial charge on any atom is 0.340 e. The summed E-state index contributed by atoms with van der Waals surface area (Å²) in [7, 11) is 0. The van der Waals surface area contributed by atoms with Crippen LogP contribution in [0.4, 0.5) is 5.82 Å². The number of nitrogens with zero attached hydrogens (tertiary/aromatic N) is 3. The number of halogens is 1. The van der Waals surface area contributed by atoms with E-state index in [-0.39, 0.29) is 18.1 Å². The molecule has 0 bridgehead atoms. The third-order valence-electron chi connectivity index (χ3n) is 4.99. The van der Waals surface area contributed by atoms with E-state index in [2.05, 4.69) is 9.97 Å². The summed E-state index contributed by atoms with van der Waals surface area (Å²) in [5.74, 6) is -0.190. The Bertz CT molecular complexity index is 1220. The van der Waals surface area contributed by atoms with Crippen molar-refractivity contribution in [2.24, 2.45) is 0 Å². The zero-order valence-electron chi connectivity index (χ0n) is 18.0. The zero-order valence-corrected chi connectivity index (χ0v) is 18.8. The molecule has 0 saturated carbocycles. The van der Waals surface area contributed by atoms with E-state index in [0.29, 0.717) is 27.7 Å². The normalized spacial score (nSPS) is 14.6. The maximum atomic E-state index is 13.3. The van der Waals surface area contributed by atoms with E-state index in [4.69, 9.17) is 16.3 Å². The van der Waals surface area contributed by atoms with E-state index in [0.717, 1.165) is 5.56 Å². The van der Waals surface area contributed by atoms with Crippen LogP contribution >= 0.6 is 11.6 Å². The molecule has 3 aromatic rings. The Morgan fingerprint density at radius 1 is 1.12 bits per heavy atom. The molecule has 3 heterocycles. The molecule has 7 heteroatoms. The van der Waals surface area contributed by atoms with E-state index in [1.54, 1.807) is 23.2 Å². The Balaban J connectivity index is 1.72. The molecular weight excluding hydrogens is 426 g/mol. The molecule has 4 rings (SSSR count). The van der Waals surface area contributed by atoms with Crippen LogP contribution in [0.15, 0.2) is 60.9 Å². The van der Waals surface area contributed by atoms with Crippen LogP contribution in [0.1, 0.15) is 48.0 Å². The molecule has 0 fully saturated rings. The van der Waals surface area contributed by atoms with Gasteiger partial charge in [-0.1, -0.05) is 41.9 Å². The van der Waals surface area contributed by atoms with Crippen LogP contribution in [-0.2, 0) is 16.1 Å². The average molecular weight is 448 g/mol. The molecule has 0 aliphatic carbocycles. The second-order valence-electron chi connectivity index (χ2n) is 8.39. The van der Waals surface area contributed by atoms with E-state index >= 15 is 0 Å². The standard InChI is InChI=1S/C25H22ClN3O3/c1-25(2,3)29-22-18(10-7-11-27-22)19(23(29)30)13-21-20(12-17(26)14-28-21)24(31)32-15-16-8-5-4-6-9-16/h4-14H,15H2,1-3H3/b19-13-. The van der Waals surface area contributed by atoms with Crippen molar-refractivity contribution in [3.63, 3.8) is 0 Å². The van der Waals surface area contributed by atoms with Crippen molar-refractivity contribution < 1.29 is 14.3 Å². The lowest BCUT2D eigenvalue weighted by Gasteiger charge is -2.31. The van der Waals surface area contributed by atoms with Crippen LogP contribution in [0, 0.1) is 0 Å². The summed E-state index contributed by atoms with van der Waals surface area (Å²) < 4.78 is 5.47. The molecule has 162 valence electrons. The number of esters is 1. The van der Waals surface area contributed by atoms with E-state index in [1.165, 1.54) is 12.3 Å². The largest absolute Gasteiger partial charge is 0.457 e. The zero-order chi connectivity index (χ0) is 22.9. The molecule has 0 spiro atoms. The molecule has 1 amide bonds. The highest BCUT2D eigenvalue weighted by molar-refractivity contribution is 6.36. The lowest BCUT2D eigenvalue weighted by atomic mass is 10.1. The summed E-state index contributed by atoms with van der Waals surface area (Å²) in [4.78, 5) is 36.6. The number of aromatic nitrogens is 2. The number of amides is 1. The second kappa shape index (κ2) is 8.55. The highest BCUT2D eigenvalue weighted by Gasteiger charge is 2.40. The van der Waals surface area contributed by atoms with Crippen molar-refractivity contribution in [1.82, 2.24) is 9.97 Å². The average Bonchev–Trinajstić information content (AvgIpc) is 3.05. The summed E-state index contributed by atoms with van der Waals surface area (Å²) >= 11 is 6.11. The van der Waals surface area contributed by atoms with E-state index in [1.807, 2.05) is 57.2 Å². The van der Waals surface area contributed by atoms with Gasteiger partial charge in [-0.2, -0.15) is 0 Å². The molecule has 0 atom stereocenters. The molecular formula is C25H22ClN3O3. The van der Waals surface area contributed by atoms with Gasteiger partial charge in [0.2, 0.25) is 0 Å². The van der Waals surface area contributed by atoms with Gasteiger partial charge in [-0.3, -0.25) is 14.7 Å². The van der Waals surface area contributed by atoms with Crippen LogP contribution in [0.3, 0.4) is 0 Å². The third-order valence-corrected chi connectivity index (χ3v) is 5.20. The minimum absolute atomic E-state index is 0.117. The van der Waals surface area contributed by atoms with E-state index in [9.17, 15) is 9.59 Å². The monoisotopic (exact) mass is 447 g/mol. The molecule has 0 saturated heterocycles. The van der Waals surface area contributed by atoms with Crippen molar-refractivity contribution in [1.29, 1.82) is 0 Å². The summed E-state index contributed by atoms with van der Waals surface area (Å²) in [5, 5.41) is 0.301. The first-order valence-corrected chi connectivity index (χ1v) is 10.5. The molecule has 0 radical (unpaired) electrons. The van der Waals surface area contributed by atoms with Gasteiger partial charge in [-0.05, 0) is 50.6 Å². The second-order valence-corrected chi connectivity index (χ2v) is 8.83. The van der Waals surface area contributed by atoms with Gasteiger partial charge in [0.1, 0.15) is 12.4 Å². The topological polar surface area (TPSA) is 72.4 Å². The Morgan fingerprint density at radius 3 is 2.59 bits per heavy atom. The van der Waals surface area contributed by atoms with Crippen LogP contribution < -0.4 is 4.90 Å². The Morgan fingerprint density at radius 2 is 1.88 bits per heavy atom. The van der Waals surface area contributed by atoms with Gasteiger partial charge in [0, 0.05) is 23.5 Å². The SMILES string of the molecule is CC(C)(C)N1C(=O)/C(=C\c2ncc(Cl)cc2C(=O)OCc2ccccc2)c2cccnc21. The Labute approximate surface area is 191 Å². The number of carbonyl (C=O) groups is 2. The molecule has 0 N–H and O–H groups in total. The molecule has 2 aromatic heterocycles. The highest BCUT2D eigenvalue weighted by atomic mass is 35.5. The fraction of sp³-hybridized carbons (Fsp3) is 0.200. The number of fused-ring (bicyclic) bond motifs is 1. The van der Waals surface area contributed by atoms with Crippen molar-refractivity contribution in [3.8, 4) is 0 Å². The van der Waals surface area contributed by atoms with Gasteiger partial charge in [0.15, 0.2) is 0 Å². The predicted molar refractivity (Wildman–Crippen MR) is 124 cm³/mol. The molecule has 6 nitrogen and oxygen atoms in total. The van der Waals surface area contributed by atoms with Crippen molar-refractivity contribution in [2.45, 2.75) is 32.9 Å². The van der Waals surface area contributed by atoms with Crippen LogP contribution in [-0.4, -0.2) is 27.4 Å². The van der Waals surface area contributed by atoms with Crippen molar-refractivity contribution in [2.75, 3.05) is 4.90 Å².